The molecule has 1 heterocycles. The number of amides is 1. The molecule has 3 aliphatic rings. The summed E-state index contributed by atoms with van der Waals surface area (Å²) in [7, 11) is 0. The van der Waals surface area contributed by atoms with Crippen molar-refractivity contribution in [3.8, 4) is 0 Å². The molecule has 2 unspecified atom stereocenters. The van der Waals surface area contributed by atoms with E-state index in [1.165, 1.54) is 25.7 Å². The first-order chi connectivity index (χ1) is 10.1. The van der Waals surface area contributed by atoms with E-state index in [4.69, 9.17) is 9.84 Å². The minimum Gasteiger partial charge on any atom is -0.481 e. The van der Waals surface area contributed by atoms with Crippen molar-refractivity contribution in [2.75, 3.05) is 13.1 Å². The van der Waals surface area contributed by atoms with Gasteiger partial charge in [-0.15, -0.1) is 0 Å². The molecule has 2 aliphatic carbocycles. The van der Waals surface area contributed by atoms with Crippen LogP contribution in [-0.2, 0) is 14.3 Å². The van der Waals surface area contributed by atoms with E-state index in [9.17, 15) is 9.59 Å². The SMILES string of the molecule is O=C(O)C1CCC1C(=O)N1CCC(OC2CCCC2)CC1. The van der Waals surface area contributed by atoms with Crippen molar-refractivity contribution in [1.82, 2.24) is 4.90 Å². The van der Waals surface area contributed by atoms with Gasteiger partial charge in [0.1, 0.15) is 0 Å². The maximum absolute atomic E-state index is 12.4. The zero-order valence-corrected chi connectivity index (χ0v) is 12.5. The second kappa shape index (κ2) is 6.34. The Hall–Kier alpha value is -1.10. The minimum atomic E-state index is -0.820. The fourth-order valence-corrected chi connectivity index (χ4v) is 3.83. The Morgan fingerprint density at radius 1 is 0.857 bits per heavy atom. The normalized spacial score (nSPS) is 31.1. The van der Waals surface area contributed by atoms with Crippen molar-refractivity contribution in [3.05, 3.63) is 0 Å². The fourth-order valence-electron chi connectivity index (χ4n) is 3.83. The number of likely N-dealkylation sites (tertiary alicyclic amines) is 1. The molecule has 2 atom stereocenters. The van der Waals surface area contributed by atoms with Gasteiger partial charge >= 0.3 is 5.97 Å². The highest BCUT2D eigenvalue weighted by Gasteiger charge is 2.43. The van der Waals surface area contributed by atoms with Gasteiger partial charge in [-0.25, -0.2) is 0 Å². The van der Waals surface area contributed by atoms with Crippen LogP contribution >= 0.6 is 0 Å². The quantitative estimate of drug-likeness (QED) is 0.862. The molecule has 5 heteroatoms. The van der Waals surface area contributed by atoms with Gasteiger partial charge in [0.05, 0.1) is 24.0 Å². The van der Waals surface area contributed by atoms with E-state index < -0.39 is 11.9 Å². The average molecular weight is 295 g/mol. The lowest BCUT2D eigenvalue weighted by atomic mass is 9.72. The molecule has 1 aliphatic heterocycles. The maximum atomic E-state index is 12.4. The molecule has 5 nitrogen and oxygen atoms in total. The van der Waals surface area contributed by atoms with Gasteiger partial charge in [0.2, 0.25) is 5.91 Å². The number of rotatable bonds is 4. The summed E-state index contributed by atoms with van der Waals surface area (Å²) in [5.41, 5.74) is 0. The molecule has 0 aromatic rings. The summed E-state index contributed by atoms with van der Waals surface area (Å²) < 4.78 is 6.11. The van der Waals surface area contributed by atoms with Crippen LogP contribution in [-0.4, -0.2) is 47.2 Å². The minimum absolute atomic E-state index is 0.0490. The lowest BCUT2D eigenvalue weighted by molar-refractivity contribution is -0.158. The van der Waals surface area contributed by atoms with Gasteiger partial charge in [0.15, 0.2) is 0 Å². The zero-order chi connectivity index (χ0) is 14.8. The predicted octanol–water partition coefficient (Wildman–Crippen LogP) is 2.05. The van der Waals surface area contributed by atoms with Crippen molar-refractivity contribution in [3.63, 3.8) is 0 Å². The van der Waals surface area contributed by atoms with Crippen LogP contribution < -0.4 is 0 Å². The summed E-state index contributed by atoms with van der Waals surface area (Å²) in [5, 5.41) is 9.06. The van der Waals surface area contributed by atoms with Gasteiger partial charge in [-0.2, -0.15) is 0 Å². The summed E-state index contributed by atoms with van der Waals surface area (Å²) in [5.74, 6) is -1.51. The zero-order valence-electron chi connectivity index (χ0n) is 12.5. The Labute approximate surface area is 125 Å². The highest BCUT2D eigenvalue weighted by atomic mass is 16.5. The second-order valence-electron chi connectivity index (χ2n) is 6.70. The molecule has 1 N–H and O–H groups in total. The first kappa shape index (κ1) is 14.8. The third kappa shape index (κ3) is 3.23. The van der Waals surface area contributed by atoms with E-state index >= 15 is 0 Å². The number of piperidine rings is 1. The number of carbonyl (C=O) groups is 2. The van der Waals surface area contributed by atoms with Crippen molar-refractivity contribution in [2.24, 2.45) is 11.8 Å². The summed E-state index contributed by atoms with van der Waals surface area (Å²) in [6.07, 6.45) is 8.80. The number of carbonyl (C=O) groups excluding carboxylic acids is 1. The predicted molar refractivity (Wildman–Crippen MR) is 76.8 cm³/mol. The number of aliphatic carboxylic acids is 1. The standard InChI is InChI=1S/C16H25NO4/c18-15(13-5-6-14(13)16(19)20)17-9-7-12(8-10-17)21-11-3-1-2-4-11/h11-14H,1-10H2,(H,19,20). The first-order valence-corrected chi connectivity index (χ1v) is 8.32. The van der Waals surface area contributed by atoms with Crippen molar-refractivity contribution in [1.29, 1.82) is 0 Å². The van der Waals surface area contributed by atoms with Gasteiger partial charge in [-0.05, 0) is 38.5 Å². The summed E-state index contributed by atoms with van der Waals surface area (Å²) in [6.45, 7) is 1.44. The van der Waals surface area contributed by atoms with Crippen LogP contribution in [0.4, 0.5) is 0 Å². The van der Waals surface area contributed by atoms with Crippen molar-refractivity contribution < 1.29 is 19.4 Å². The summed E-state index contributed by atoms with van der Waals surface area (Å²) in [4.78, 5) is 25.3. The van der Waals surface area contributed by atoms with Crippen LogP contribution in [0.3, 0.4) is 0 Å². The Morgan fingerprint density at radius 2 is 1.43 bits per heavy atom. The number of hydrogen-bond donors (Lipinski definition) is 1. The molecule has 0 spiro atoms. The van der Waals surface area contributed by atoms with Gasteiger partial charge < -0.3 is 14.7 Å². The Bertz CT molecular complexity index is 397. The molecular formula is C16H25NO4. The number of carboxylic acids is 1. The second-order valence-corrected chi connectivity index (χ2v) is 6.70. The molecule has 0 bridgehead atoms. The van der Waals surface area contributed by atoms with Gasteiger partial charge in [-0.1, -0.05) is 12.8 Å². The largest absolute Gasteiger partial charge is 0.481 e. The van der Waals surface area contributed by atoms with Crippen LogP contribution in [0.5, 0.6) is 0 Å². The highest BCUT2D eigenvalue weighted by Crippen LogP contribution is 2.36. The molecule has 118 valence electrons. The van der Waals surface area contributed by atoms with Crippen LogP contribution in [0.25, 0.3) is 0 Å². The topological polar surface area (TPSA) is 66.8 Å². The molecule has 0 aromatic heterocycles. The van der Waals surface area contributed by atoms with Crippen LogP contribution in [0.1, 0.15) is 51.4 Å². The van der Waals surface area contributed by atoms with E-state index in [2.05, 4.69) is 0 Å². The molecule has 21 heavy (non-hydrogen) atoms. The molecule has 0 aromatic carbocycles. The van der Waals surface area contributed by atoms with E-state index in [0.29, 0.717) is 12.5 Å². The third-order valence-electron chi connectivity index (χ3n) is 5.35. The number of hydrogen-bond acceptors (Lipinski definition) is 3. The fraction of sp³-hybridized carbons (Fsp3) is 0.875. The number of ether oxygens (including phenoxy) is 1. The lowest BCUT2D eigenvalue weighted by Crippen LogP contribution is -2.49. The Morgan fingerprint density at radius 3 is 1.95 bits per heavy atom. The van der Waals surface area contributed by atoms with Crippen LogP contribution in [0, 0.1) is 11.8 Å². The Balaban J connectivity index is 1.44. The summed E-state index contributed by atoms with van der Waals surface area (Å²) >= 11 is 0. The van der Waals surface area contributed by atoms with E-state index in [0.717, 1.165) is 32.4 Å². The number of carboxylic acid groups (broad SMARTS) is 1. The average Bonchev–Trinajstić information content (AvgIpc) is 2.90. The van der Waals surface area contributed by atoms with E-state index in [1.54, 1.807) is 0 Å². The third-order valence-corrected chi connectivity index (χ3v) is 5.35. The lowest BCUT2D eigenvalue weighted by Gasteiger charge is -2.39. The van der Waals surface area contributed by atoms with Gasteiger partial charge in [-0.3, -0.25) is 9.59 Å². The van der Waals surface area contributed by atoms with Crippen molar-refractivity contribution >= 4 is 11.9 Å². The van der Waals surface area contributed by atoms with E-state index in [-0.39, 0.29) is 17.9 Å². The number of nitrogens with zero attached hydrogens (tertiary/aromatic N) is 1. The molecule has 1 saturated heterocycles. The molecule has 1 amide bonds. The molecule has 2 saturated carbocycles. The highest BCUT2D eigenvalue weighted by molar-refractivity contribution is 5.86. The Kier molecular flexibility index (Phi) is 4.48. The van der Waals surface area contributed by atoms with Gasteiger partial charge in [0.25, 0.3) is 0 Å². The first-order valence-electron chi connectivity index (χ1n) is 8.32. The van der Waals surface area contributed by atoms with Crippen molar-refractivity contribution in [2.45, 2.75) is 63.6 Å². The summed E-state index contributed by atoms with van der Waals surface area (Å²) in [6, 6.07) is 0. The smallest absolute Gasteiger partial charge is 0.307 e. The maximum Gasteiger partial charge on any atom is 0.307 e. The van der Waals surface area contributed by atoms with E-state index in [1.807, 2.05) is 4.90 Å². The molecular weight excluding hydrogens is 270 g/mol. The van der Waals surface area contributed by atoms with Gasteiger partial charge in [0, 0.05) is 13.1 Å². The van der Waals surface area contributed by atoms with Crippen LogP contribution in [0.15, 0.2) is 0 Å². The molecule has 3 fully saturated rings. The molecule has 3 rings (SSSR count). The van der Waals surface area contributed by atoms with Crippen LogP contribution in [0.2, 0.25) is 0 Å². The monoisotopic (exact) mass is 295 g/mol. The molecule has 0 radical (unpaired) electrons.